The largest absolute Gasteiger partial charge is 0.353 e. The van der Waals surface area contributed by atoms with Gasteiger partial charge in [-0.15, -0.1) is 0 Å². The zero-order valence-electron chi connectivity index (χ0n) is 8.74. The first-order valence-electron chi connectivity index (χ1n) is 4.92. The second-order valence-electron chi connectivity index (χ2n) is 3.41. The van der Waals surface area contributed by atoms with E-state index in [0.717, 1.165) is 20.3 Å². The summed E-state index contributed by atoms with van der Waals surface area (Å²) in [5, 5.41) is 12.2. The van der Waals surface area contributed by atoms with E-state index in [2.05, 4.69) is 43.2 Å². The summed E-state index contributed by atoms with van der Waals surface area (Å²) in [6, 6.07) is 15.4. The second-order valence-corrected chi connectivity index (χ2v) is 5.18. The molecule has 0 amide bonds. The molecule has 84 valence electrons. The van der Waals surface area contributed by atoms with Crippen LogP contribution < -0.4 is 5.32 Å². The van der Waals surface area contributed by atoms with Crippen molar-refractivity contribution in [2.24, 2.45) is 0 Å². The van der Waals surface area contributed by atoms with Crippen LogP contribution in [0.5, 0.6) is 0 Å². The van der Waals surface area contributed by atoms with Crippen LogP contribution >= 0.6 is 31.9 Å². The maximum atomic E-state index is 9.01. The van der Waals surface area contributed by atoms with Gasteiger partial charge >= 0.3 is 0 Å². The van der Waals surface area contributed by atoms with E-state index in [4.69, 9.17) is 5.26 Å². The number of nitrogens with zero attached hydrogens (tertiary/aromatic N) is 1. The van der Waals surface area contributed by atoms with E-state index in [9.17, 15) is 0 Å². The van der Waals surface area contributed by atoms with Crippen molar-refractivity contribution in [2.45, 2.75) is 0 Å². The maximum Gasteiger partial charge on any atom is 0.101 e. The highest BCUT2D eigenvalue weighted by molar-refractivity contribution is 9.11. The maximum absolute atomic E-state index is 9.01. The fourth-order valence-corrected chi connectivity index (χ4v) is 2.13. The van der Waals surface area contributed by atoms with Crippen LogP contribution in [0.25, 0.3) is 0 Å². The van der Waals surface area contributed by atoms with Crippen LogP contribution in [-0.4, -0.2) is 0 Å². The van der Waals surface area contributed by atoms with E-state index < -0.39 is 0 Å². The molecule has 0 aliphatic rings. The van der Waals surface area contributed by atoms with E-state index in [1.165, 1.54) is 0 Å². The predicted octanol–water partition coefficient (Wildman–Crippen LogP) is 4.83. The lowest BCUT2D eigenvalue weighted by Gasteiger charge is -2.10. The Bertz CT molecular complexity index is 588. The molecule has 2 aromatic carbocycles. The summed E-state index contributed by atoms with van der Waals surface area (Å²) in [6.07, 6.45) is 0. The van der Waals surface area contributed by atoms with Gasteiger partial charge in [-0.2, -0.15) is 5.26 Å². The average molecular weight is 352 g/mol. The standard InChI is InChI=1S/C13H8Br2N2/c14-10-5-6-11(15)13(7-10)17-12-4-2-1-3-9(12)8-16/h1-7,17H. The first-order valence-corrected chi connectivity index (χ1v) is 6.50. The molecular weight excluding hydrogens is 344 g/mol. The molecule has 4 heteroatoms. The molecule has 0 unspecified atom stereocenters. The first kappa shape index (κ1) is 12.2. The number of benzene rings is 2. The number of nitriles is 1. The number of hydrogen-bond donors (Lipinski definition) is 1. The minimum atomic E-state index is 0.624. The lowest BCUT2D eigenvalue weighted by atomic mass is 10.2. The van der Waals surface area contributed by atoms with Crippen molar-refractivity contribution in [2.75, 3.05) is 5.32 Å². The molecule has 2 rings (SSSR count). The van der Waals surface area contributed by atoms with Crippen LogP contribution in [0, 0.1) is 11.3 Å². The molecule has 0 aliphatic heterocycles. The molecule has 17 heavy (non-hydrogen) atoms. The summed E-state index contributed by atoms with van der Waals surface area (Å²) in [6.45, 7) is 0. The molecule has 2 nitrogen and oxygen atoms in total. The van der Waals surface area contributed by atoms with E-state index in [0.29, 0.717) is 5.56 Å². The summed E-state index contributed by atoms with van der Waals surface area (Å²) in [5.41, 5.74) is 2.34. The average Bonchev–Trinajstić information content (AvgIpc) is 2.34. The third kappa shape index (κ3) is 2.87. The Hall–Kier alpha value is -1.31. The summed E-state index contributed by atoms with van der Waals surface area (Å²) < 4.78 is 1.94. The van der Waals surface area contributed by atoms with Crippen LogP contribution in [0.2, 0.25) is 0 Å². The Labute approximate surface area is 117 Å². The fourth-order valence-electron chi connectivity index (χ4n) is 1.43. The van der Waals surface area contributed by atoms with Crippen molar-refractivity contribution < 1.29 is 0 Å². The summed E-state index contributed by atoms with van der Waals surface area (Å²) in [5.74, 6) is 0. The molecule has 0 atom stereocenters. The van der Waals surface area contributed by atoms with E-state index >= 15 is 0 Å². The van der Waals surface area contributed by atoms with Gasteiger partial charge < -0.3 is 5.32 Å². The highest BCUT2D eigenvalue weighted by atomic mass is 79.9. The third-order valence-electron chi connectivity index (χ3n) is 2.25. The van der Waals surface area contributed by atoms with Crippen LogP contribution in [0.15, 0.2) is 51.4 Å². The fraction of sp³-hybridized carbons (Fsp3) is 0. The zero-order chi connectivity index (χ0) is 12.3. The molecule has 2 aromatic rings. The van der Waals surface area contributed by atoms with Crippen molar-refractivity contribution in [3.63, 3.8) is 0 Å². The number of anilines is 2. The Morgan fingerprint density at radius 1 is 1.00 bits per heavy atom. The summed E-state index contributed by atoms with van der Waals surface area (Å²) in [4.78, 5) is 0. The normalized spacial score (nSPS) is 9.71. The van der Waals surface area contributed by atoms with Gasteiger partial charge in [0.25, 0.3) is 0 Å². The number of nitrogens with one attached hydrogen (secondary N) is 1. The molecule has 0 bridgehead atoms. The van der Waals surface area contributed by atoms with Crippen molar-refractivity contribution in [1.29, 1.82) is 5.26 Å². The van der Waals surface area contributed by atoms with Gasteiger partial charge in [-0.3, -0.25) is 0 Å². The van der Waals surface area contributed by atoms with Crippen LogP contribution in [0.1, 0.15) is 5.56 Å². The Morgan fingerprint density at radius 2 is 1.76 bits per heavy atom. The lowest BCUT2D eigenvalue weighted by molar-refractivity contribution is 1.45. The van der Waals surface area contributed by atoms with E-state index in [1.807, 2.05) is 36.4 Å². The molecule has 0 aromatic heterocycles. The van der Waals surface area contributed by atoms with Crippen molar-refractivity contribution >= 4 is 43.2 Å². The third-order valence-corrected chi connectivity index (χ3v) is 3.43. The number of rotatable bonds is 2. The van der Waals surface area contributed by atoms with Crippen molar-refractivity contribution in [3.05, 3.63) is 57.0 Å². The minimum Gasteiger partial charge on any atom is -0.353 e. The molecule has 0 spiro atoms. The van der Waals surface area contributed by atoms with Crippen molar-refractivity contribution in [3.8, 4) is 6.07 Å². The Kier molecular flexibility index (Phi) is 3.82. The Morgan fingerprint density at radius 3 is 2.53 bits per heavy atom. The second kappa shape index (κ2) is 5.35. The SMILES string of the molecule is N#Cc1ccccc1Nc1cc(Br)ccc1Br. The zero-order valence-corrected chi connectivity index (χ0v) is 11.9. The van der Waals surface area contributed by atoms with Crippen LogP contribution in [0.3, 0.4) is 0 Å². The molecule has 0 heterocycles. The molecular formula is C13H8Br2N2. The van der Waals surface area contributed by atoms with Gasteiger partial charge in [0.15, 0.2) is 0 Å². The molecule has 0 saturated heterocycles. The first-order chi connectivity index (χ1) is 8.20. The minimum absolute atomic E-state index is 0.624. The summed E-state index contributed by atoms with van der Waals surface area (Å²) in [7, 11) is 0. The van der Waals surface area contributed by atoms with Crippen LogP contribution in [-0.2, 0) is 0 Å². The molecule has 1 N–H and O–H groups in total. The van der Waals surface area contributed by atoms with Gasteiger partial charge in [0.05, 0.1) is 16.9 Å². The number of para-hydroxylation sites is 1. The predicted molar refractivity (Wildman–Crippen MR) is 76.3 cm³/mol. The van der Waals surface area contributed by atoms with Gasteiger partial charge in [0.1, 0.15) is 6.07 Å². The quantitative estimate of drug-likeness (QED) is 0.841. The Balaban J connectivity index is 2.38. The topological polar surface area (TPSA) is 35.8 Å². The number of hydrogen-bond acceptors (Lipinski definition) is 2. The molecule has 0 fully saturated rings. The van der Waals surface area contributed by atoms with Gasteiger partial charge in [-0.05, 0) is 46.3 Å². The van der Waals surface area contributed by atoms with Gasteiger partial charge in [0, 0.05) is 8.95 Å². The molecule has 0 saturated carbocycles. The van der Waals surface area contributed by atoms with Gasteiger partial charge in [0.2, 0.25) is 0 Å². The van der Waals surface area contributed by atoms with Gasteiger partial charge in [-0.25, -0.2) is 0 Å². The van der Waals surface area contributed by atoms with Gasteiger partial charge in [-0.1, -0.05) is 28.1 Å². The lowest BCUT2D eigenvalue weighted by Crippen LogP contribution is -1.94. The highest BCUT2D eigenvalue weighted by Crippen LogP contribution is 2.29. The van der Waals surface area contributed by atoms with Crippen molar-refractivity contribution in [1.82, 2.24) is 0 Å². The smallest absolute Gasteiger partial charge is 0.101 e. The molecule has 0 radical (unpaired) electrons. The van der Waals surface area contributed by atoms with E-state index in [-0.39, 0.29) is 0 Å². The van der Waals surface area contributed by atoms with E-state index in [1.54, 1.807) is 6.07 Å². The molecule has 0 aliphatic carbocycles. The monoisotopic (exact) mass is 350 g/mol. The highest BCUT2D eigenvalue weighted by Gasteiger charge is 2.04. The summed E-state index contributed by atoms with van der Waals surface area (Å²) >= 11 is 6.89. The number of halogens is 2. The van der Waals surface area contributed by atoms with Crippen LogP contribution in [0.4, 0.5) is 11.4 Å².